The molecule has 4 nitrogen and oxygen atoms in total. The average Bonchev–Trinajstić information content (AvgIpc) is 2.72. The number of carbonyl (C=O) groups is 1. The summed E-state index contributed by atoms with van der Waals surface area (Å²) in [5.41, 5.74) is 0. The number of aryl methyl sites for hydroxylation is 1. The summed E-state index contributed by atoms with van der Waals surface area (Å²) in [6, 6.07) is 3.56. The zero-order valence-corrected chi connectivity index (χ0v) is 10.2. The van der Waals surface area contributed by atoms with Crippen molar-refractivity contribution in [2.24, 2.45) is 0 Å². The van der Waals surface area contributed by atoms with Crippen molar-refractivity contribution in [1.29, 1.82) is 0 Å². The van der Waals surface area contributed by atoms with Crippen LogP contribution in [0.1, 0.15) is 29.7 Å². The van der Waals surface area contributed by atoms with Crippen molar-refractivity contribution in [3.8, 4) is 0 Å². The van der Waals surface area contributed by atoms with Crippen molar-refractivity contribution in [3.05, 3.63) is 23.7 Å². The van der Waals surface area contributed by atoms with E-state index >= 15 is 0 Å². The normalized spacial score (nSPS) is 10.8. The third-order valence-electron chi connectivity index (χ3n) is 2.30. The van der Waals surface area contributed by atoms with Crippen LogP contribution in [0.3, 0.4) is 0 Å². The summed E-state index contributed by atoms with van der Waals surface area (Å²) < 4.78 is 5.35. The summed E-state index contributed by atoms with van der Waals surface area (Å²) in [6.07, 6.45) is 1.76. The molecule has 0 fully saturated rings. The van der Waals surface area contributed by atoms with Gasteiger partial charge >= 0.3 is 0 Å². The molecule has 1 heterocycles. The molecule has 0 aromatic carbocycles. The van der Waals surface area contributed by atoms with Gasteiger partial charge in [0, 0.05) is 13.0 Å². The van der Waals surface area contributed by atoms with Gasteiger partial charge in [-0.15, -0.1) is 0 Å². The molecule has 1 aromatic heterocycles. The second-order valence-electron chi connectivity index (χ2n) is 4.03. The third kappa shape index (κ3) is 4.06. The molecule has 0 aliphatic heterocycles. The third-order valence-corrected chi connectivity index (χ3v) is 2.30. The smallest absolute Gasteiger partial charge is 0.286 e. The Hall–Kier alpha value is -1.29. The summed E-state index contributed by atoms with van der Waals surface area (Å²) in [7, 11) is 4.03. The maximum absolute atomic E-state index is 11.6. The van der Waals surface area contributed by atoms with Crippen LogP contribution in [0.5, 0.6) is 0 Å². The molecule has 0 saturated heterocycles. The van der Waals surface area contributed by atoms with E-state index in [9.17, 15) is 4.79 Å². The molecule has 0 bridgehead atoms. The first-order valence-electron chi connectivity index (χ1n) is 5.65. The highest BCUT2D eigenvalue weighted by Gasteiger charge is 2.09. The Balaban J connectivity index is 2.29. The van der Waals surface area contributed by atoms with Crippen LogP contribution in [0.2, 0.25) is 0 Å². The molecule has 0 atom stereocenters. The number of rotatable bonds is 6. The second-order valence-corrected chi connectivity index (χ2v) is 4.03. The van der Waals surface area contributed by atoms with E-state index in [0.717, 1.165) is 25.1 Å². The van der Waals surface area contributed by atoms with Crippen LogP contribution in [-0.2, 0) is 6.42 Å². The maximum Gasteiger partial charge on any atom is 0.286 e. The Kier molecular flexibility index (Phi) is 5.05. The van der Waals surface area contributed by atoms with Crippen molar-refractivity contribution in [2.75, 3.05) is 27.2 Å². The van der Waals surface area contributed by atoms with Crippen molar-refractivity contribution in [2.45, 2.75) is 19.8 Å². The van der Waals surface area contributed by atoms with E-state index in [0.29, 0.717) is 12.3 Å². The molecule has 0 aliphatic rings. The molecule has 0 radical (unpaired) electrons. The molecule has 90 valence electrons. The molecule has 16 heavy (non-hydrogen) atoms. The van der Waals surface area contributed by atoms with Gasteiger partial charge in [0.15, 0.2) is 5.76 Å². The highest BCUT2D eigenvalue weighted by atomic mass is 16.3. The number of hydrogen-bond donors (Lipinski definition) is 1. The zero-order valence-electron chi connectivity index (χ0n) is 10.2. The van der Waals surface area contributed by atoms with Gasteiger partial charge in [0.05, 0.1) is 0 Å². The molecule has 1 rings (SSSR count). The summed E-state index contributed by atoms with van der Waals surface area (Å²) >= 11 is 0. The lowest BCUT2D eigenvalue weighted by Crippen LogP contribution is -2.26. The van der Waals surface area contributed by atoms with Crippen molar-refractivity contribution < 1.29 is 9.21 Å². The lowest BCUT2D eigenvalue weighted by Gasteiger charge is -2.09. The number of nitrogens with zero attached hydrogens (tertiary/aromatic N) is 1. The van der Waals surface area contributed by atoms with Crippen LogP contribution in [0, 0.1) is 0 Å². The lowest BCUT2D eigenvalue weighted by molar-refractivity contribution is 0.0923. The number of nitrogens with one attached hydrogen (secondary N) is 1. The van der Waals surface area contributed by atoms with Crippen LogP contribution in [0.15, 0.2) is 16.5 Å². The van der Waals surface area contributed by atoms with E-state index in [-0.39, 0.29) is 5.91 Å². The number of carbonyl (C=O) groups excluding carboxylic acids is 1. The first-order valence-corrected chi connectivity index (χ1v) is 5.65. The highest BCUT2D eigenvalue weighted by Crippen LogP contribution is 2.07. The minimum atomic E-state index is -0.126. The zero-order chi connectivity index (χ0) is 12.0. The monoisotopic (exact) mass is 224 g/mol. The van der Waals surface area contributed by atoms with Gasteiger partial charge in [0.25, 0.3) is 5.91 Å². The van der Waals surface area contributed by atoms with Crippen LogP contribution in [0.4, 0.5) is 0 Å². The van der Waals surface area contributed by atoms with Crippen molar-refractivity contribution in [3.63, 3.8) is 0 Å². The van der Waals surface area contributed by atoms with Crippen LogP contribution in [0.25, 0.3) is 0 Å². The van der Waals surface area contributed by atoms with Gasteiger partial charge in [-0.3, -0.25) is 4.79 Å². The minimum Gasteiger partial charge on any atom is -0.456 e. The molecule has 1 aromatic rings. The first-order chi connectivity index (χ1) is 7.63. The SMILES string of the molecule is CCc1ccc(C(=O)NCCCN(C)C)o1. The Morgan fingerprint density at radius 2 is 2.19 bits per heavy atom. The summed E-state index contributed by atoms with van der Waals surface area (Å²) in [5.74, 6) is 1.12. The van der Waals surface area contributed by atoms with E-state index in [1.54, 1.807) is 6.07 Å². The molecular formula is C12H20N2O2. The molecule has 0 aliphatic carbocycles. The first kappa shape index (κ1) is 12.8. The predicted octanol–water partition coefficient (Wildman–Crippen LogP) is 1.52. The lowest BCUT2D eigenvalue weighted by atomic mass is 10.3. The van der Waals surface area contributed by atoms with Gasteiger partial charge in [-0.05, 0) is 39.2 Å². The molecular weight excluding hydrogens is 204 g/mol. The Labute approximate surface area is 96.6 Å². The molecule has 1 amide bonds. The van der Waals surface area contributed by atoms with Crippen LogP contribution < -0.4 is 5.32 Å². The molecule has 0 saturated carbocycles. The highest BCUT2D eigenvalue weighted by molar-refractivity contribution is 5.91. The topological polar surface area (TPSA) is 45.5 Å². The van der Waals surface area contributed by atoms with Crippen molar-refractivity contribution in [1.82, 2.24) is 10.2 Å². The van der Waals surface area contributed by atoms with Gasteiger partial charge in [0.2, 0.25) is 0 Å². The molecule has 0 unspecified atom stereocenters. The molecule has 0 spiro atoms. The van der Waals surface area contributed by atoms with E-state index in [1.807, 2.05) is 27.1 Å². The predicted molar refractivity (Wildman–Crippen MR) is 63.6 cm³/mol. The van der Waals surface area contributed by atoms with E-state index in [4.69, 9.17) is 4.42 Å². The van der Waals surface area contributed by atoms with Crippen molar-refractivity contribution >= 4 is 5.91 Å². The largest absolute Gasteiger partial charge is 0.456 e. The van der Waals surface area contributed by atoms with Gasteiger partial charge in [-0.25, -0.2) is 0 Å². The summed E-state index contributed by atoms with van der Waals surface area (Å²) in [6.45, 7) is 3.65. The van der Waals surface area contributed by atoms with E-state index in [2.05, 4.69) is 10.2 Å². The van der Waals surface area contributed by atoms with Crippen LogP contribution in [-0.4, -0.2) is 38.0 Å². The molecule has 4 heteroatoms. The second kappa shape index (κ2) is 6.33. The fourth-order valence-electron chi connectivity index (χ4n) is 1.37. The quantitative estimate of drug-likeness (QED) is 0.745. The van der Waals surface area contributed by atoms with Gasteiger partial charge in [-0.1, -0.05) is 6.92 Å². The molecule has 1 N–H and O–H groups in total. The maximum atomic E-state index is 11.6. The Morgan fingerprint density at radius 1 is 1.44 bits per heavy atom. The fraction of sp³-hybridized carbons (Fsp3) is 0.583. The number of hydrogen-bond acceptors (Lipinski definition) is 3. The van der Waals surface area contributed by atoms with Gasteiger partial charge in [0.1, 0.15) is 5.76 Å². The summed E-state index contributed by atoms with van der Waals surface area (Å²) in [5, 5.41) is 2.83. The number of furan rings is 1. The summed E-state index contributed by atoms with van der Waals surface area (Å²) in [4.78, 5) is 13.7. The number of amides is 1. The Morgan fingerprint density at radius 3 is 2.75 bits per heavy atom. The fourth-order valence-corrected chi connectivity index (χ4v) is 1.37. The Bertz CT molecular complexity index is 332. The van der Waals surface area contributed by atoms with E-state index < -0.39 is 0 Å². The van der Waals surface area contributed by atoms with Crippen LogP contribution >= 0.6 is 0 Å². The average molecular weight is 224 g/mol. The van der Waals surface area contributed by atoms with Gasteiger partial charge < -0.3 is 14.6 Å². The minimum absolute atomic E-state index is 0.126. The van der Waals surface area contributed by atoms with E-state index in [1.165, 1.54) is 0 Å². The van der Waals surface area contributed by atoms with Gasteiger partial charge in [-0.2, -0.15) is 0 Å². The standard InChI is InChI=1S/C12H20N2O2/c1-4-10-6-7-11(16-10)12(15)13-8-5-9-14(2)3/h6-7H,4-5,8-9H2,1-3H3,(H,13,15).